The minimum Gasteiger partial charge on any atom is -0.390 e. The second-order valence-corrected chi connectivity index (χ2v) is 3.09. The van der Waals surface area contributed by atoms with Gasteiger partial charge in [0.05, 0.1) is 19.3 Å². The van der Waals surface area contributed by atoms with Crippen LogP contribution in [0, 0.1) is 5.92 Å². The van der Waals surface area contributed by atoms with Crippen molar-refractivity contribution in [2.45, 2.75) is 19.3 Å². The summed E-state index contributed by atoms with van der Waals surface area (Å²) < 4.78 is 15.2. The fourth-order valence-corrected chi connectivity index (χ4v) is 1.13. The van der Waals surface area contributed by atoms with E-state index in [0.717, 1.165) is 0 Å². The molecule has 0 aromatic heterocycles. The van der Waals surface area contributed by atoms with Crippen molar-refractivity contribution in [2.24, 2.45) is 5.92 Å². The molecule has 0 unspecified atom stereocenters. The predicted octanol–water partition coefficient (Wildman–Crippen LogP) is 0.805. The van der Waals surface area contributed by atoms with E-state index in [9.17, 15) is 5.11 Å². The molecule has 0 bridgehead atoms. The van der Waals surface area contributed by atoms with Gasteiger partial charge in [-0.2, -0.15) is 0 Å². The van der Waals surface area contributed by atoms with Gasteiger partial charge in [-0.1, -0.05) is 13.0 Å². The van der Waals surface area contributed by atoms with E-state index in [4.69, 9.17) is 14.2 Å². The maximum absolute atomic E-state index is 9.66. The van der Waals surface area contributed by atoms with Gasteiger partial charge in [-0.25, -0.2) is 0 Å². The van der Waals surface area contributed by atoms with Crippen molar-refractivity contribution in [3.8, 4) is 0 Å². The Morgan fingerprint density at radius 3 is 2.36 bits per heavy atom. The van der Waals surface area contributed by atoms with Crippen molar-refractivity contribution in [1.29, 1.82) is 0 Å². The normalized spacial score (nSPS) is 15.5. The van der Waals surface area contributed by atoms with E-state index in [1.807, 2.05) is 6.92 Å². The SMILES string of the molecule is C=CCOC[C@H](O)[C@H](C)C(OC)OC. The summed E-state index contributed by atoms with van der Waals surface area (Å²) in [4.78, 5) is 0. The molecule has 14 heavy (non-hydrogen) atoms. The van der Waals surface area contributed by atoms with Crippen LogP contribution < -0.4 is 0 Å². The molecule has 4 nitrogen and oxygen atoms in total. The Hall–Kier alpha value is -0.420. The highest BCUT2D eigenvalue weighted by molar-refractivity contribution is 4.69. The van der Waals surface area contributed by atoms with Gasteiger partial charge >= 0.3 is 0 Å². The first kappa shape index (κ1) is 13.6. The number of aliphatic hydroxyl groups is 1. The van der Waals surface area contributed by atoms with Gasteiger partial charge in [0.25, 0.3) is 0 Å². The summed E-state index contributed by atoms with van der Waals surface area (Å²) in [7, 11) is 3.09. The molecule has 2 atom stereocenters. The van der Waals surface area contributed by atoms with Crippen molar-refractivity contribution in [3.63, 3.8) is 0 Å². The molecule has 0 radical (unpaired) electrons. The Balaban J connectivity index is 3.83. The lowest BCUT2D eigenvalue weighted by molar-refractivity contribution is -0.162. The van der Waals surface area contributed by atoms with Crippen LogP contribution >= 0.6 is 0 Å². The number of aliphatic hydroxyl groups excluding tert-OH is 1. The number of hydrogen-bond donors (Lipinski definition) is 1. The van der Waals surface area contributed by atoms with Gasteiger partial charge in [-0.05, 0) is 0 Å². The summed E-state index contributed by atoms with van der Waals surface area (Å²) in [5.74, 6) is -0.130. The van der Waals surface area contributed by atoms with E-state index >= 15 is 0 Å². The van der Waals surface area contributed by atoms with Gasteiger partial charge in [0, 0.05) is 20.1 Å². The van der Waals surface area contributed by atoms with Gasteiger partial charge in [0.15, 0.2) is 6.29 Å². The topological polar surface area (TPSA) is 47.9 Å². The molecular weight excluding hydrogens is 184 g/mol. The van der Waals surface area contributed by atoms with Crippen LogP contribution in [-0.4, -0.2) is 44.9 Å². The lowest BCUT2D eigenvalue weighted by Crippen LogP contribution is -2.35. The minimum absolute atomic E-state index is 0.130. The van der Waals surface area contributed by atoms with Crippen molar-refractivity contribution in [1.82, 2.24) is 0 Å². The number of hydrogen-bond acceptors (Lipinski definition) is 4. The molecule has 0 aliphatic rings. The fraction of sp³-hybridized carbons (Fsp3) is 0.800. The molecule has 0 heterocycles. The van der Waals surface area contributed by atoms with E-state index < -0.39 is 12.4 Å². The Bertz CT molecular complexity index is 145. The summed E-state index contributed by atoms with van der Waals surface area (Å²) in [6, 6.07) is 0. The minimum atomic E-state index is -0.597. The van der Waals surface area contributed by atoms with E-state index in [0.29, 0.717) is 6.61 Å². The van der Waals surface area contributed by atoms with E-state index in [1.165, 1.54) is 0 Å². The molecule has 1 N–H and O–H groups in total. The standard InChI is InChI=1S/C10H20O4/c1-5-6-14-7-9(11)8(2)10(12-3)13-4/h5,8-11H,1,6-7H2,2-4H3/t8-,9-/m0/s1. The highest BCUT2D eigenvalue weighted by atomic mass is 16.7. The van der Waals surface area contributed by atoms with Crippen LogP contribution in [0.15, 0.2) is 12.7 Å². The molecule has 0 rings (SSSR count). The molecule has 0 aliphatic heterocycles. The Labute approximate surface area is 85.5 Å². The summed E-state index contributed by atoms with van der Waals surface area (Å²) in [6.07, 6.45) is 0.638. The lowest BCUT2D eigenvalue weighted by atomic mass is 10.1. The van der Waals surface area contributed by atoms with Gasteiger partial charge < -0.3 is 19.3 Å². The highest BCUT2D eigenvalue weighted by Crippen LogP contribution is 2.12. The third-order valence-electron chi connectivity index (χ3n) is 2.03. The molecule has 0 spiro atoms. The second-order valence-electron chi connectivity index (χ2n) is 3.09. The lowest BCUT2D eigenvalue weighted by Gasteiger charge is -2.25. The number of rotatable bonds is 8. The summed E-state index contributed by atoms with van der Waals surface area (Å²) in [6.45, 7) is 6.06. The zero-order valence-corrected chi connectivity index (χ0v) is 9.10. The first-order chi connectivity index (χ1) is 6.67. The molecule has 4 heteroatoms. The Morgan fingerprint density at radius 2 is 1.93 bits per heavy atom. The second kappa shape index (κ2) is 7.94. The van der Waals surface area contributed by atoms with Gasteiger partial charge in [-0.15, -0.1) is 6.58 Å². The Morgan fingerprint density at radius 1 is 1.36 bits per heavy atom. The largest absolute Gasteiger partial charge is 0.390 e. The third kappa shape index (κ3) is 4.72. The molecule has 0 amide bonds. The van der Waals surface area contributed by atoms with E-state index in [1.54, 1.807) is 20.3 Å². The molecule has 84 valence electrons. The maximum Gasteiger partial charge on any atom is 0.161 e. The van der Waals surface area contributed by atoms with Crippen LogP contribution in [0.1, 0.15) is 6.92 Å². The first-order valence-corrected chi connectivity index (χ1v) is 4.59. The summed E-state index contributed by atoms with van der Waals surface area (Å²) >= 11 is 0. The van der Waals surface area contributed by atoms with E-state index in [-0.39, 0.29) is 12.5 Å². The maximum atomic E-state index is 9.66. The summed E-state index contributed by atoms with van der Waals surface area (Å²) in [5, 5.41) is 9.66. The number of ether oxygens (including phenoxy) is 3. The zero-order chi connectivity index (χ0) is 11.0. The first-order valence-electron chi connectivity index (χ1n) is 4.59. The Kier molecular flexibility index (Phi) is 7.70. The molecule has 0 aromatic rings. The third-order valence-corrected chi connectivity index (χ3v) is 2.03. The molecule has 0 aromatic carbocycles. The predicted molar refractivity (Wildman–Crippen MR) is 54.0 cm³/mol. The van der Waals surface area contributed by atoms with Crippen LogP contribution in [0.25, 0.3) is 0 Å². The van der Waals surface area contributed by atoms with Crippen LogP contribution in [-0.2, 0) is 14.2 Å². The average molecular weight is 204 g/mol. The number of methoxy groups -OCH3 is 2. The van der Waals surface area contributed by atoms with Crippen LogP contribution in [0.5, 0.6) is 0 Å². The van der Waals surface area contributed by atoms with Crippen molar-refractivity contribution >= 4 is 0 Å². The van der Waals surface area contributed by atoms with Crippen molar-refractivity contribution < 1.29 is 19.3 Å². The molecule has 0 fully saturated rings. The molecular formula is C10H20O4. The highest BCUT2D eigenvalue weighted by Gasteiger charge is 2.23. The quantitative estimate of drug-likeness (QED) is 0.361. The van der Waals surface area contributed by atoms with Gasteiger partial charge in [-0.3, -0.25) is 0 Å². The monoisotopic (exact) mass is 204 g/mol. The molecule has 0 saturated heterocycles. The molecule has 0 aliphatic carbocycles. The van der Waals surface area contributed by atoms with Crippen LogP contribution in [0.3, 0.4) is 0 Å². The average Bonchev–Trinajstić information content (AvgIpc) is 2.19. The molecule has 0 saturated carbocycles. The fourth-order valence-electron chi connectivity index (χ4n) is 1.13. The van der Waals surface area contributed by atoms with E-state index in [2.05, 4.69) is 6.58 Å². The summed E-state index contributed by atoms with van der Waals surface area (Å²) in [5.41, 5.74) is 0. The van der Waals surface area contributed by atoms with Gasteiger partial charge in [0.2, 0.25) is 0 Å². The van der Waals surface area contributed by atoms with Gasteiger partial charge in [0.1, 0.15) is 0 Å². The van der Waals surface area contributed by atoms with Crippen LogP contribution in [0.2, 0.25) is 0 Å². The zero-order valence-electron chi connectivity index (χ0n) is 9.10. The van der Waals surface area contributed by atoms with Crippen molar-refractivity contribution in [2.75, 3.05) is 27.4 Å². The van der Waals surface area contributed by atoms with Crippen LogP contribution in [0.4, 0.5) is 0 Å². The van der Waals surface area contributed by atoms with Crippen molar-refractivity contribution in [3.05, 3.63) is 12.7 Å². The smallest absolute Gasteiger partial charge is 0.161 e.